The molecule has 1 heterocycles. The first kappa shape index (κ1) is 12.6. The van der Waals surface area contributed by atoms with Crippen LogP contribution in [0.25, 0.3) is 0 Å². The molecule has 94 valence electrons. The highest BCUT2D eigenvalue weighted by molar-refractivity contribution is 5.42. The lowest BCUT2D eigenvalue weighted by Gasteiger charge is -2.26. The molecule has 18 heavy (non-hydrogen) atoms. The molecule has 1 aromatic carbocycles. The van der Waals surface area contributed by atoms with Crippen molar-refractivity contribution in [3.05, 3.63) is 59.5 Å². The third kappa shape index (κ3) is 2.50. The van der Waals surface area contributed by atoms with Gasteiger partial charge in [0, 0.05) is 18.3 Å². The highest BCUT2D eigenvalue weighted by Crippen LogP contribution is 2.25. The number of rotatable bonds is 3. The molecule has 3 heteroatoms. The fourth-order valence-electron chi connectivity index (χ4n) is 1.95. The van der Waals surface area contributed by atoms with Gasteiger partial charge in [0.15, 0.2) is 0 Å². The van der Waals surface area contributed by atoms with Crippen LogP contribution in [-0.2, 0) is 0 Å². The maximum Gasteiger partial charge on any atom is 0.129 e. The van der Waals surface area contributed by atoms with Gasteiger partial charge < -0.3 is 4.90 Å². The molecule has 0 aliphatic heterocycles. The fourth-order valence-corrected chi connectivity index (χ4v) is 1.95. The minimum absolute atomic E-state index is 0.0551. The molecule has 0 N–H and O–H groups in total. The first-order valence-corrected chi connectivity index (χ1v) is 6.00. The van der Waals surface area contributed by atoms with Crippen LogP contribution in [-0.4, -0.2) is 12.0 Å². The predicted octanol–water partition coefficient (Wildman–Crippen LogP) is 3.73. The van der Waals surface area contributed by atoms with E-state index in [1.165, 1.54) is 6.07 Å². The number of pyridine rings is 1. The van der Waals surface area contributed by atoms with Gasteiger partial charge in [-0.3, -0.25) is 0 Å². The maximum absolute atomic E-state index is 13.7. The summed E-state index contributed by atoms with van der Waals surface area (Å²) in [6, 6.07) is 12.6. The number of halogens is 1. The molecule has 0 saturated heterocycles. The second kappa shape index (κ2) is 5.17. The third-order valence-corrected chi connectivity index (χ3v) is 3.17. The zero-order chi connectivity index (χ0) is 13.1. The lowest BCUT2D eigenvalue weighted by molar-refractivity contribution is 0.584. The molecule has 1 atom stereocenters. The molecular weight excluding hydrogens is 227 g/mol. The lowest BCUT2D eigenvalue weighted by Crippen LogP contribution is -2.23. The molecular formula is C15H17FN2. The van der Waals surface area contributed by atoms with Crippen molar-refractivity contribution >= 4 is 5.82 Å². The first-order valence-electron chi connectivity index (χ1n) is 6.00. The SMILES string of the molecule is Cc1cccc(N(C)C(C)c2ccccc2F)n1. The van der Waals surface area contributed by atoms with E-state index in [4.69, 9.17) is 0 Å². The Balaban J connectivity index is 2.29. The molecule has 1 aromatic heterocycles. The van der Waals surface area contributed by atoms with Crippen LogP contribution in [0.4, 0.5) is 10.2 Å². The van der Waals surface area contributed by atoms with Crippen molar-refractivity contribution < 1.29 is 4.39 Å². The lowest BCUT2D eigenvalue weighted by atomic mass is 10.1. The van der Waals surface area contributed by atoms with E-state index < -0.39 is 0 Å². The highest BCUT2D eigenvalue weighted by Gasteiger charge is 2.16. The van der Waals surface area contributed by atoms with Crippen molar-refractivity contribution in [1.29, 1.82) is 0 Å². The molecule has 0 spiro atoms. The van der Waals surface area contributed by atoms with Crippen LogP contribution < -0.4 is 4.90 Å². The number of anilines is 1. The molecule has 0 bridgehead atoms. The second-order valence-electron chi connectivity index (χ2n) is 4.45. The summed E-state index contributed by atoms with van der Waals surface area (Å²) < 4.78 is 13.7. The Morgan fingerprint density at radius 1 is 1.11 bits per heavy atom. The highest BCUT2D eigenvalue weighted by atomic mass is 19.1. The van der Waals surface area contributed by atoms with Crippen LogP contribution in [0.5, 0.6) is 0 Å². The smallest absolute Gasteiger partial charge is 0.129 e. The number of hydrogen-bond acceptors (Lipinski definition) is 2. The van der Waals surface area contributed by atoms with E-state index in [1.807, 2.05) is 56.1 Å². The summed E-state index contributed by atoms with van der Waals surface area (Å²) in [5.41, 5.74) is 1.64. The van der Waals surface area contributed by atoms with Gasteiger partial charge in [-0.25, -0.2) is 9.37 Å². The number of hydrogen-bond donors (Lipinski definition) is 0. The van der Waals surface area contributed by atoms with Crippen LogP contribution in [0.1, 0.15) is 24.2 Å². The van der Waals surface area contributed by atoms with Crippen molar-refractivity contribution in [3.8, 4) is 0 Å². The quantitative estimate of drug-likeness (QED) is 0.818. The predicted molar refractivity (Wildman–Crippen MR) is 72.2 cm³/mol. The van der Waals surface area contributed by atoms with Gasteiger partial charge in [-0.15, -0.1) is 0 Å². The number of aromatic nitrogens is 1. The van der Waals surface area contributed by atoms with Crippen LogP contribution in [0.15, 0.2) is 42.5 Å². The summed E-state index contributed by atoms with van der Waals surface area (Å²) in [4.78, 5) is 6.43. The molecule has 0 fully saturated rings. The van der Waals surface area contributed by atoms with Gasteiger partial charge in [-0.2, -0.15) is 0 Å². The minimum atomic E-state index is -0.176. The average molecular weight is 244 g/mol. The minimum Gasteiger partial charge on any atom is -0.353 e. The van der Waals surface area contributed by atoms with Crippen molar-refractivity contribution in [3.63, 3.8) is 0 Å². The van der Waals surface area contributed by atoms with Crippen LogP contribution in [0.2, 0.25) is 0 Å². The normalized spacial score (nSPS) is 12.2. The molecule has 0 radical (unpaired) electrons. The Hall–Kier alpha value is -1.90. The van der Waals surface area contributed by atoms with Crippen molar-refractivity contribution in [1.82, 2.24) is 4.98 Å². The van der Waals surface area contributed by atoms with E-state index in [2.05, 4.69) is 4.98 Å². The Morgan fingerprint density at radius 3 is 2.50 bits per heavy atom. The van der Waals surface area contributed by atoms with Gasteiger partial charge in [0.2, 0.25) is 0 Å². The molecule has 0 aliphatic carbocycles. The number of benzene rings is 1. The summed E-state index contributed by atoms with van der Waals surface area (Å²) in [5.74, 6) is 0.676. The number of nitrogens with zero attached hydrogens (tertiary/aromatic N) is 2. The average Bonchev–Trinajstić information content (AvgIpc) is 2.37. The summed E-state index contributed by atoms with van der Waals surface area (Å²) in [5, 5.41) is 0. The molecule has 2 nitrogen and oxygen atoms in total. The maximum atomic E-state index is 13.7. The van der Waals surface area contributed by atoms with E-state index in [0.29, 0.717) is 5.56 Å². The summed E-state index contributed by atoms with van der Waals surface area (Å²) >= 11 is 0. The zero-order valence-corrected chi connectivity index (χ0v) is 10.9. The second-order valence-corrected chi connectivity index (χ2v) is 4.45. The van der Waals surface area contributed by atoms with E-state index in [9.17, 15) is 4.39 Å². The third-order valence-electron chi connectivity index (χ3n) is 3.17. The van der Waals surface area contributed by atoms with Gasteiger partial charge in [0.25, 0.3) is 0 Å². The van der Waals surface area contributed by atoms with E-state index in [1.54, 1.807) is 6.07 Å². The van der Waals surface area contributed by atoms with Crippen molar-refractivity contribution in [2.45, 2.75) is 19.9 Å². The molecule has 2 rings (SSSR count). The molecule has 2 aromatic rings. The van der Waals surface area contributed by atoms with Gasteiger partial charge >= 0.3 is 0 Å². The van der Waals surface area contributed by atoms with Crippen molar-refractivity contribution in [2.24, 2.45) is 0 Å². The van der Waals surface area contributed by atoms with E-state index >= 15 is 0 Å². The van der Waals surface area contributed by atoms with E-state index in [-0.39, 0.29) is 11.9 Å². The Morgan fingerprint density at radius 2 is 1.83 bits per heavy atom. The Labute approximate surface area is 107 Å². The fraction of sp³-hybridized carbons (Fsp3) is 0.267. The Kier molecular flexibility index (Phi) is 3.60. The van der Waals surface area contributed by atoms with Crippen molar-refractivity contribution in [2.75, 3.05) is 11.9 Å². The summed E-state index contributed by atoms with van der Waals surface area (Å²) in [7, 11) is 1.93. The zero-order valence-electron chi connectivity index (χ0n) is 10.9. The molecule has 0 aliphatic rings. The Bertz CT molecular complexity index is 540. The van der Waals surface area contributed by atoms with Gasteiger partial charge in [-0.1, -0.05) is 24.3 Å². The van der Waals surface area contributed by atoms with Gasteiger partial charge in [0.05, 0.1) is 6.04 Å². The molecule has 0 saturated carbocycles. The molecule has 1 unspecified atom stereocenters. The van der Waals surface area contributed by atoms with Crippen LogP contribution >= 0.6 is 0 Å². The van der Waals surface area contributed by atoms with E-state index in [0.717, 1.165) is 11.5 Å². The van der Waals surface area contributed by atoms with Crippen LogP contribution in [0, 0.1) is 12.7 Å². The summed E-state index contributed by atoms with van der Waals surface area (Å²) in [6.45, 7) is 3.92. The van der Waals surface area contributed by atoms with Gasteiger partial charge in [-0.05, 0) is 32.0 Å². The first-order chi connectivity index (χ1) is 8.59. The molecule has 0 amide bonds. The van der Waals surface area contributed by atoms with Gasteiger partial charge in [0.1, 0.15) is 11.6 Å². The standard InChI is InChI=1S/C15H17FN2/c1-11-7-6-10-15(17-11)18(3)12(2)13-8-4-5-9-14(13)16/h4-10,12H,1-3H3. The van der Waals surface area contributed by atoms with Crippen LogP contribution in [0.3, 0.4) is 0 Å². The topological polar surface area (TPSA) is 16.1 Å². The summed E-state index contributed by atoms with van der Waals surface area (Å²) in [6.07, 6.45) is 0. The number of aryl methyl sites for hydroxylation is 1. The largest absolute Gasteiger partial charge is 0.353 e. The monoisotopic (exact) mass is 244 g/mol.